The zero-order valence-electron chi connectivity index (χ0n) is 10.6. The van der Waals surface area contributed by atoms with Gasteiger partial charge in [0, 0.05) is 25.5 Å². The maximum atomic E-state index is 11.7. The lowest BCUT2D eigenvalue weighted by molar-refractivity contribution is -0.119. The summed E-state index contributed by atoms with van der Waals surface area (Å²) in [5.41, 5.74) is 1.14. The number of amides is 2. The third-order valence-electron chi connectivity index (χ3n) is 2.26. The van der Waals surface area contributed by atoms with E-state index in [4.69, 9.17) is 0 Å². The number of rotatable bonds is 6. The summed E-state index contributed by atoms with van der Waals surface area (Å²) in [5.74, 6) is -0.609. The molecule has 1 rings (SSSR count). The van der Waals surface area contributed by atoms with Gasteiger partial charge in [-0.15, -0.1) is 0 Å². The summed E-state index contributed by atoms with van der Waals surface area (Å²) in [6, 6.07) is 3.46. The Hall–Kier alpha value is -2.11. The monoisotopic (exact) mass is 250 g/mol. The largest absolute Gasteiger partial charge is 0.385 e. The van der Waals surface area contributed by atoms with Crippen molar-refractivity contribution in [1.82, 2.24) is 15.6 Å². The van der Waals surface area contributed by atoms with Crippen molar-refractivity contribution in [2.45, 2.75) is 13.3 Å². The number of nitrogens with zero attached hydrogens (tertiary/aromatic N) is 1. The van der Waals surface area contributed by atoms with Crippen LogP contribution in [0.2, 0.25) is 0 Å². The molecule has 0 saturated carbocycles. The van der Waals surface area contributed by atoms with Crippen LogP contribution in [0.1, 0.15) is 23.8 Å². The third kappa shape index (κ3) is 4.40. The van der Waals surface area contributed by atoms with Gasteiger partial charge in [-0.05, 0) is 18.6 Å². The number of hydrogen-bond acceptors (Lipinski definition) is 4. The predicted molar refractivity (Wildman–Crippen MR) is 69.4 cm³/mol. The molecule has 0 spiro atoms. The first kappa shape index (κ1) is 14.0. The van der Waals surface area contributed by atoms with Crippen LogP contribution in [0.25, 0.3) is 0 Å². The molecular formula is C12H18N4O2. The lowest BCUT2D eigenvalue weighted by atomic mass is 10.3. The molecule has 0 fully saturated rings. The molecule has 0 saturated heterocycles. The van der Waals surface area contributed by atoms with Crippen molar-refractivity contribution in [3.05, 3.63) is 24.0 Å². The number of carbonyl (C=O) groups excluding carboxylic acids is 2. The van der Waals surface area contributed by atoms with Gasteiger partial charge >= 0.3 is 0 Å². The van der Waals surface area contributed by atoms with Crippen LogP contribution in [-0.4, -0.2) is 36.9 Å². The molecule has 18 heavy (non-hydrogen) atoms. The molecule has 0 aromatic carbocycles. The summed E-state index contributed by atoms with van der Waals surface area (Å²) in [6.07, 6.45) is 2.56. The van der Waals surface area contributed by atoms with Gasteiger partial charge in [-0.3, -0.25) is 14.6 Å². The first-order valence-corrected chi connectivity index (χ1v) is 5.86. The van der Waals surface area contributed by atoms with E-state index in [0.717, 1.165) is 18.7 Å². The van der Waals surface area contributed by atoms with E-state index in [2.05, 4.69) is 27.9 Å². The quantitative estimate of drug-likeness (QED) is 0.681. The molecule has 6 heteroatoms. The average Bonchev–Trinajstić information content (AvgIpc) is 2.42. The van der Waals surface area contributed by atoms with Gasteiger partial charge in [-0.25, -0.2) is 0 Å². The Balaban J connectivity index is 2.59. The van der Waals surface area contributed by atoms with Crippen LogP contribution in [0.4, 0.5) is 5.69 Å². The lowest BCUT2D eigenvalue weighted by Gasteiger charge is -2.07. The van der Waals surface area contributed by atoms with Crippen LogP contribution in [-0.2, 0) is 4.79 Å². The molecule has 0 bridgehead atoms. The van der Waals surface area contributed by atoms with Gasteiger partial charge in [0.2, 0.25) is 5.91 Å². The smallest absolute Gasteiger partial charge is 0.270 e. The minimum Gasteiger partial charge on any atom is -0.385 e. The molecule has 0 aliphatic carbocycles. The minimum absolute atomic E-state index is 0.0520. The Morgan fingerprint density at radius 1 is 1.39 bits per heavy atom. The highest BCUT2D eigenvalue weighted by Crippen LogP contribution is 2.07. The molecule has 0 aliphatic heterocycles. The minimum atomic E-state index is -0.362. The van der Waals surface area contributed by atoms with E-state index in [-0.39, 0.29) is 18.4 Å². The third-order valence-corrected chi connectivity index (χ3v) is 2.26. The first-order chi connectivity index (χ1) is 8.67. The highest BCUT2D eigenvalue weighted by molar-refractivity contribution is 5.95. The van der Waals surface area contributed by atoms with E-state index >= 15 is 0 Å². The molecule has 98 valence electrons. The van der Waals surface area contributed by atoms with Crippen LogP contribution in [0.3, 0.4) is 0 Å². The molecule has 1 heterocycles. The Labute approximate surface area is 106 Å². The normalized spacial score (nSPS) is 9.67. The van der Waals surface area contributed by atoms with Gasteiger partial charge in [-0.2, -0.15) is 0 Å². The van der Waals surface area contributed by atoms with Crippen LogP contribution in [0.15, 0.2) is 18.3 Å². The van der Waals surface area contributed by atoms with E-state index < -0.39 is 0 Å². The summed E-state index contributed by atoms with van der Waals surface area (Å²) < 4.78 is 0. The zero-order valence-corrected chi connectivity index (χ0v) is 10.6. The maximum Gasteiger partial charge on any atom is 0.270 e. The molecule has 2 amide bonds. The first-order valence-electron chi connectivity index (χ1n) is 5.86. The van der Waals surface area contributed by atoms with Gasteiger partial charge < -0.3 is 16.0 Å². The predicted octanol–water partition coefficient (Wildman–Crippen LogP) is 0.379. The van der Waals surface area contributed by atoms with Crippen molar-refractivity contribution < 1.29 is 9.59 Å². The Morgan fingerprint density at radius 3 is 2.83 bits per heavy atom. The van der Waals surface area contributed by atoms with Crippen LogP contribution in [0.5, 0.6) is 0 Å². The van der Waals surface area contributed by atoms with Crippen LogP contribution >= 0.6 is 0 Å². The van der Waals surface area contributed by atoms with Crippen molar-refractivity contribution in [2.75, 3.05) is 25.5 Å². The van der Waals surface area contributed by atoms with E-state index in [1.807, 2.05) is 0 Å². The van der Waals surface area contributed by atoms with Gasteiger partial charge in [0.25, 0.3) is 5.91 Å². The number of likely N-dealkylation sites (N-methyl/N-ethyl adjacent to an activating group) is 1. The summed E-state index contributed by atoms with van der Waals surface area (Å²) in [6.45, 7) is 2.85. The highest BCUT2D eigenvalue weighted by atomic mass is 16.2. The van der Waals surface area contributed by atoms with Crippen molar-refractivity contribution in [1.29, 1.82) is 0 Å². The molecule has 0 aliphatic rings. The van der Waals surface area contributed by atoms with Crippen molar-refractivity contribution in [2.24, 2.45) is 0 Å². The molecule has 0 radical (unpaired) electrons. The molecule has 6 nitrogen and oxygen atoms in total. The fraction of sp³-hybridized carbons (Fsp3) is 0.417. The number of nitrogens with one attached hydrogen (secondary N) is 3. The number of anilines is 1. The van der Waals surface area contributed by atoms with E-state index in [1.54, 1.807) is 18.3 Å². The molecule has 0 unspecified atom stereocenters. The second-order valence-electron chi connectivity index (χ2n) is 3.71. The van der Waals surface area contributed by atoms with E-state index in [9.17, 15) is 9.59 Å². The van der Waals surface area contributed by atoms with Crippen molar-refractivity contribution in [3.8, 4) is 0 Å². The van der Waals surface area contributed by atoms with E-state index in [1.165, 1.54) is 7.05 Å². The second kappa shape index (κ2) is 7.26. The highest BCUT2D eigenvalue weighted by Gasteiger charge is 2.08. The molecule has 3 N–H and O–H groups in total. The molecule has 0 atom stereocenters. The number of pyridine rings is 1. The summed E-state index contributed by atoms with van der Waals surface area (Å²) in [5, 5.41) is 8.08. The van der Waals surface area contributed by atoms with Gasteiger partial charge in [0.15, 0.2) is 0 Å². The van der Waals surface area contributed by atoms with Crippen molar-refractivity contribution in [3.63, 3.8) is 0 Å². The van der Waals surface area contributed by atoms with Gasteiger partial charge in [0.1, 0.15) is 5.69 Å². The lowest BCUT2D eigenvalue weighted by Crippen LogP contribution is -2.35. The summed E-state index contributed by atoms with van der Waals surface area (Å²) >= 11 is 0. The average molecular weight is 250 g/mol. The fourth-order valence-corrected chi connectivity index (χ4v) is 1.27. The SMILES string of the molecule is CCCNc1ccnc(C(=O)NCC(=O)NC)c1. The Kier molecular flexibility index (Phi) is 5.63. The Morgan fingerprint density at radius 2 is 2.17 bits per heavy atom. The Bertz CT molecular complexity index is 420. The van der Waals surface area contributed by atoms with Gasteiger partial charge in [0.05, 0.1) is 6.54 Å². The van der Waals surface area contributed by atoms with E-state index in [0.29, 0.717) is 5.69 Å². The zero-order chi connectivity index (χ0) is 13.4. The summed E-state index contributed by atoms with van der Waals surface area (Å²) in [4.78, 5) is 26.7. The van der Waals surface area contributed by atoms with Crippen LogP contribution in [0, 0.1) is 0 Å². The molecular weight excluding hydrogens is 232 g/mol. The maximum absolute atomic E-state index is 11.7. The fourth-order valence-electron chi connectivity index (χ4n) is 1.27. The van der Waals surface area contributed by atoms with Crippen LogP contribution < -0.4 is 16.0 Å². The second-order valence-corrected chi connectivity index (χ2v) is 3.71. The van der Waals surface area contributed by atoms with Gasteiger partial charge in [-0.1, -0.05) is 6.92 Å². The molecule has 1 aromatic rings. The number of carbonyl (C=O) groups is 2. The standard InChI is InChI=1S/C12H18N4O2/c1-3-5-14-9-4-6-15-10(7-9)12(18)16-8-11(17)13-2/h4,6-7H,3,5,8H2,1-2H3,(H,13,17)(H,14,15)(H,16,18). The number of hydrogen-bond donors (Lipinski definition) is 3. The topological polar surface area (TPSA) is 83.1 Å². The molecule has 1 aromatic heterocycles. The summed E-state index contributed by atoms with van der Waals surface area (Å²) in [7, 11) is 1.52. The van der Waals surface area contributed by atoms with Crippen molar-refractivity contribution >= 4 is 17.5 Å². The number of aromatic nitrogens is 1.